The summed E-state index contributed by atoms with van der Waals surface area (Å²) in [5, 5.41) is 3.28. The number of hydrogen-bond acceptors (Lipinski definition) is 3. The molecule has 1 aliphatic rings. The van der Waals surface area contributed by atoms with E-state index in [1.807, 2.05) is 37.3 Å². The fourth-order valence-corrected chi connectivity index (χ4v) is 4.82. The van der Waals surface area contributed by atoms with Gasteiger partial charge in [-0.25, -0.2) is 8.42 Å². The highest BCUT2D eigenvalue weighted by molar-refractivity contribution is 7.89. The number of halogens is 1. The quantitative estimate of drug-likeness (QED) is 0.862. The minimum Gasteiger partial charge on any atom is -0.326 e. The molecule has 138 valence electrons. The molecule has 0 aliphatic carbocycles. The topological polar surface area (TPSA) is 66.5 Å². The minimum absolute atomic E-state index is 0.155. The number of nitrogens with zero attached hydrogens (tertiary/aromatic N) is 1. The Labute approximate surface area is 159 Å². The maximum atomic E-state index is 12.9. The zero-order valence-electron chi connectivity index (χ0n) is 14.5. The van der Waals surface area contributed by atoms with Crippen molar-refractivity contribution >= 4 is 33.2 Å². The van der Waals surface area contributed by atoms with Crippen molar-refractivity contribution in [3.8, 4) is 0 Å². The summed E-state index contributed by atoms with van der Waals surface area (Å²) in [5.41, 5.74) is 1.53. The Balaban J connectivity index is 1.75. The highest BCUT2D eigenvalue weighted by atomic mass is 35.5. The van der Waals surface area contributed by atoms with Gasteiger partial charge in [-0.3, -0.25) is 4.79 Å². The molecule has 1 N–H and O–H groups in total. The third-order valence-corrected chi connectivity index (χ3v) is 6.85. The van der Waals surface area contributed by atoms with E-state index in [-0.39, 0.29) is 23.3 Å². The van der Waals surface area contributed by atoms with E-state index < -0.39 is 10.0 Å². The number of piperidine rings is 1. The molecule has 0 saturated carbocycles. The van der Waals surface area contributed by atoms with Crippen LogP contribution in [-0.2, 0) is 14.8 Å². The van der Waals surface area contributed by atoms with E-state index in [1.165, 1.54) is 10.4 Å². The molecule has 3 rings (SSSR count). The standard InChI is InChI=1S/C19H21ClN2O3S/c1-14-9-10-17(12-18(14)20)26(24,25)22-11-5-6-15(13-22)19(23)21-16-7-3-2-4-8-16/h2-4,7-10,12,15H,5-6,11,13H2,1H3,(H,21,23)/t15-/m0/s1. The van der Waals surface area contributed by atoms with E-state index in [4.69, 9.17) is 11.6 Å². The maximum absolute atomic E-state index is 12.9. The number of sulfonamides is 1. The lowest BCUT2D eigenvalue weighted by atomic mass is 9.99. The van der Waals surface area contributed by atoms with Crippen LogP contribution in [-0.4, -0.2) is 31.7 Å². The third-order valence-electron chi connectivity index (χ3n) is 4.58. The molecule has 0 aromatic heterocycles. The lowest BCUT2D eigenvalue weighted by molar-refractivity contribution is -0.120. The van der Waals surface area contributed by atoms with Crippen LogP contribution >= 0.6 is 11.6 Å². The van der Waals surface area contributed by atoms with Crippen molar-refractivity contribution < 1.29 is 13.2 Å². The number of carbonyl (C=O) groups excluding carboxylic acids is 1. The number of anilines is 1. The van der Waals surface area contributed by atoms with Gasteiger partial charge in [0, 0.05) is 23.8 Å². The van der Waals surface area contributed by atoms with Gasteiger partial charge in [-0.05, 0) is 49.6 Å². The first kappa shape index (κ1) is 18.9. The van der Waals surface area contributed by atoms with Crippen LogP contribution in [0.5, 0.6) is 0 Å². The van der Waals surface area contributed by atoms with Gasteiger partial charge in [-0.15, -0.1) is 0 Å². The lowest BCUT2D eigenvalue weighted by Gasteiger charge is -2.31. The predicted octanol–water partition coefficient (Wildman–Crippen LogP) is 3.69. The molecule has 0 bridgehead atoms. The van der Waals surface area contributed by atoms with E-state index in [0.717, 1.165) is 5.56 Å². The number of aryl methyl sites for hydroxylation is 1. The van der Waals surface area contributed by atoms with Crippen LogP contribution in [0.25, 0.3) is 0 Å². The summed E-state index contributed by atoms with van der Waals surface area (Å²) in [6, 6.07) is 13.9. The number of benzene rings is 2. The second-order valence-corrected chi connectivity index (χ2v) is 8.81. The molecule has 2 aromatic carbocycles. The summed E-state index contributed by atoms with van der Waals surface area (Å²) in [5.74, 6) is -0.530. The molecule has 1 fully saturated rings. The second-order valence-electron chi connectivity index (χ2n) is 6.47. The highest BCUT2D eigenvalue weighted by Gasteiger charge is 2.33. The number of nitrogens with one attached hydrogen (secondary N) is 1. The van der Waals surface area contributed by atoms with Crippen molar-refractivity contribution in [3.05, 3.63) is 59.1 Å². The van der Waals surface area contributed by atoms with E-state index >= 15 is 0 Å². The molecule has 2 aromatic rings. The minimum atomic E-state index is -3.67. The fraction of sp³-hybridized carbons (Fsp3) is 0.316. The van der Waals surface area contributed by atoms with Crippen LogP contribution < -0.4 is 5.32 Å². The Bertz CT molecular complexity index is 900. The van der Waals surface area contributed by atoms with Crippen molar-refractivity contribution in [1.82, 2.24) is 4.31 Å². The Morgan fingerprint density at radius 2 is 1.92 bits per heavy atom. The molecule has 5 nitrogen and oxygen atoms in total. The van der Waals surface area contributed by atoms with Crippen LogP contribution in [0, 0.1) is 12.8 Å². The number of amides is 1. The average Bonchev–Trinajstić information content (AvgIpc) is 2.65. The first-order chi connectivity index (χ1) is 12.4. The summed E-state index contributed by atoms with van der Waals surface area (Å²) in [4.78, 5) is 12.7. The highest BCUT2D eigenvalue weighted by Crippen LogP contribution is 2.27. The van der Waals surface area contributed by atoms with Gasteiger partial charge >= 0.3 is 0 Å². The number of carbonyl (C=O) groups is 1. The van der Waals surface area contributed by atoms with Crippen molar-refractivity contribution in [2.24, 2.45) is 5.92 Å². The monoisotopic (exact) mass is 392 g/mol. The van der Waals surface area contributed by atoms with Gasteiger partial charge in [0.15, 0.2) is 0 Å². The van der Waals surface area contributed by atoms with Crippen LogP contribution in [0.4, 0.5) is 5.69 Å². The summed E-state index contributed by atoms with van der Waals surface area (Å²) < 4.78 is 27.2. The van der Waals surface area contributed by atoms with Crippen molar-refractivity contribution in [1.29, 1.82) is 0 Å². The van der Waals surface area contributed by atoms with Crippen molar-refractivity contribution in [3.63, 3.8) is 0 Å². The number of rotatable bonds is 4. The first-order valence-electron chi connectivity index (χ1n) is 8.50. The first-order valence-corrected chi connectivity index (χ1v) is 10.3. The molecule has 7 heteroatoms. The van der Waals surface area contributed by atoms with Gasteiger partial charge in [0.25, 0.3) is 0 Å². The summed E-state index contributed by atoms with van der Waals surface area (Å²) >= 11 is 6.08. The van der Waals surface area contributed by atoms with Gasteiger partial charge in [0.1, 0.15) is 0 Å². The van der Waals surface area contributed by atoms with Crippen LogP contribution in [0.15, 0.2) is 53.4 Å². The zero-order valence-corrected chi connectivity index (χ0v) is 16.1. The average molecular weight is 393 g/mol. The van der Waals surface area contributed by atoms with Gasteiger partial charge in [-0.1, -0.05) is 35.9 Å². The van der Waals surface area contributed by atoms with Crippen LogP contribution in [0.1, 0.15) is 18.4 Å². The maximum Gasteiger partial charge on any atom is 0.243 e. The lowest BCUT2D eigenvalue weighted by Crippen LogP contribution is -2.43. The van der Waals surface area contributed by atoms with Crippen LogP contribution in [0.3, 0.4) is 0 Å². The van der Waals surface area contributed by atoms with E-state index in [1.54, 1.807) is 12.1 Å². The number of hydrogen-bond donors (Lipinski definition) is 1. The molecular weight excluding hydrogens is 372 g/mol. The number of para-hydroxylation sites is 1. The van der Waals surface area contributed by atoms with E-state index in [0.29, 0.717) is 30.1 Å². The molecule has 1 aliphatic heterocycles. The zero-order chi connectivity index (χ0) is 18.7. The van der Waals surface area contributed by atoms with Gasteiger partial charge in [-0.2, -0.15) is 4.31 Å². The van der Waals surface area contributed by atoms with Crippen LogP contribution in [0.2, 0.25) is 5.02 Å². The predicted molar refractivity (Wildman–Crippen MR) is 103 cm³/mol. The molecule has 1 amide bonds. The molecule has 26 heavy (non-hydrogen) atoms. The molecule has 1 atom stereocenters. The Hall–Kier alpha value is -1.89. The molecule has 0 unspecified atom stereocenters. The second kappa shape index (κ2) is 7.78. The Morgan fingerprint density at radius 3 is 2.62 bits per heavy atom. The Kier molecular flexibility index (Phi) is 5.65. The van der Waals surface area contributed by atoms with Crippen molar-refractivity contribution in [2.45, 2.75) is 24.7 Å². The largest absolute Gasteiger partial charge is 0.326 e. The molecule has 1 saturated heterocycles. The summed E-state index contributed by atoms with van der Waals surface area (Å²) in [6.45, 7) is 2.40. The summed E-state index contributed by atoms with van der Waals surface area (Å²) in [6.07, 6.45) is 1.31. The smallest absolute Gasteiger partial charge is 0.243 e. The molecule has 0 spiro atoms. The van der Waals surface area contributed by atoms with Crippen molar-refractivity contribution in [2.75, 3.05) is 18.4 Å². The molecule has 0 radical (unpaired) electrons. The third kappa shape index (κ3) is 4.09. The van der Waals surface area contributed by atoms with Gasteiger partial charge in [0.2, 0.25) is 15.9 Å². The van der Waals surface area contributed by atoms with Gasteiger partial charge < -0.3 is 5.32 Å². The molecule has 1 heterocycles. The normalized spacial score (nSPS) is 18.5. The SMILES string of the molecule is Cc1ccc(S(=O)(=O)N2CCC[C@H](C(=O)Nc3ccccc3)C2)cc1Cl. The fourth-order valence-electron chi connectivity index (χ4n) is 3.02. The summed E-state index contributed by atoms with van der Waals surface area (Å²) in [7, 11) is -3.67. The van der Waals surface area contributed by atoms with Gasteiger partial charge in [0.05, 0.1) is 10.8 Å². The molecular formula is C19H21ClN2O3S. The van der Waals surface area contributed by atoms with E-state index in [2.05, 4.69) is 5.32 Å². The van der Waals surface area contributed by atoms with E-state index in [9.17, 15) is 13.2 Å². The Morgan fingerprint density at radius 1 is 1.19 bits per heavy atom.